The fourth-order valence-corrected chi connectivity index (χ4v) is 2.24. The zero-order chi connectivity index (χ0) is 14.1. The standard InChI is InChI=1S/C15H13N3O2/c1-20-12-8-3-2-6-10(12)15-17-13(14(16)19)11-7-4-5-9-18(11)15/h2-9H,1H3,(H2,16,19). The second-order valence-corrected chi connectivity index (χ2v) is 4.30. The molecule has 100 valence electrons. The van der Waals surface area contributed by atoms with Gasteiger partial charge in [-0.2, -0.15) is 0 Å². The van der Waals surface area contributed by atoms with Crippen LogP contribution in [0.3, 0.4) is 0 Å². The number of methoxy groups -OCH3 is 1. The van der Waals surface area contributed by atoms with Crippen molar-refractivity contribution in [3.63, 3.8) is 0 Å². The number of pyridine rings is 1. The van der Waals surface area contributed by atoms with Gasteiger partial charge in [-0.05, 0) is 24.3 Å². The molecule has 0 radical (unpaired) electrons. The Bertz CT molecular complexity index is 793. The maximum Gasteiger partial charge on any atom is 0.269 e. The van der Waals surface area contributed by atoms with Crippen molar-refractivity contribution >= 4 is 11.4 Å². The van der Waals surface area contributed by atoms with E-state index in [-0.39, 0.29) is 5.69 Å². The molecule has 0 saturated carbocycles. The molecule has 0 atom stereocenters. The highest BCUT2D eigenvalue weighted by Crippen LogP contribution is 2.30. The van der Waals surface area contributed by atoms with Crippen molar-refractivity contribution in [2.24, 2.45) is 5.73 Å². The first-order chi connectivity index (χ1) is 9.72. The summed E-state index contributed by atoms with van der Waals surface area (Å²) in [5.74, 6) is 0.779. The van der Waals surface area contributed by atoms with E-state index in [2.05, 4.69) is 4.98 Å². The number of nitrogens with two attached hydrogens (primary N) is 1. The van der Waals surface area contributed by atoms with Gasteiger partial charge in [0.05, 0.1) is 18.2 Å². The number of hydrogen-bond acceptors (Lipinski definition) is 3. The van der Waals surface area contributed by atoms with E-state index in [0.29, 0.717) is 17.1 Å². The third-order valence-electron chi connectivity index (χ3n) is 3.13. The molecule has 0 aliphatic heterocycles. The molecular formula is C15H13N3O2. The van der Waals surface area contributed by atoms with Gasteiger partial charge >= 0.3 is 0 Å². The molecule has 0 fully saturated rings. The van der Waals surface area contributed by atoms with Gasteiger partial charge in [0.2, 0.25) is 0 Å². The predicted molar refractivity (Wildman–Crippen MR) is 75.7 cm³/mol. The number of benzene rings is 1. The second kappa shape index (κ2) is 4.70. The SMILES string of the molecule is COc1ccccc1-c1nc(C(N)=O)c2ccccn12. The number of carbonyl (C=O) groups is 1. The minimum Gasteiger partial charge on any atom is -0.496 e. The molecule has 1 amide bonds. The van der Waals surface area contributed by atoms with Gasteiger partial charge in [0.25, 0.3) is 5.91 Å². The summed E-state index contributed by atoms with van der Waals surface area (Å²) in [6.07, 6.45) is 1.84. The average molecular weight is 267 g/mol. The number of amides is 1. The molecule has 0 bridgehead atoms. The van der Waals surface area contributed by atoms with Gasteiger partial charge in [-0.25, -0.2) is 4.98 Å². The van der Waals surface area contributed by atoms with Crippen LogP contribution >= 0.6 is 0 Å². The normalized spacial score (nSPS) is 10.7. The van der Waals surface area contributed by atoms with Crippen molar-refractivity contribution in [3.05, 3.63) is 54.4 Å². The zero-order valence-electron chi connectivity index (χ0n) is 10.9. The van der Waals surface area contributed by atoms with Crippen LogP contribution in [-0.4, -0.2) is 22.4 Å². The number of fused-ring (bicyclic) bond motifs is 1. The molecule has 0 aliphatic rings. The Labute approximate surface area is 115 Å². The van der Waals surface area contributed by atoms with Gasteiger partial charge < -0.3 is 10.5 Å². The maximum absolute atomic E-state index is 11.5. The molecule has 3 rings (SSSR count). The van der Waals surface area contributed by atoms with Gasteiger partial charge in [0.15, 0.2) is 5.69 Å². The lowest BCUT2D eigenvalue weighted by Gasteiger charge is -2.06. The summed E-state index contributed by atoms with van der Waals surface area (Å²) in [7, 11) is 1.60. The number of rotatable bonds is 3. The highest BCUT2D eigenvalue weighted by molar-refractivity contribution is 5.99. The lowest BCUT2D eigenvalue weighted by molar-refractivity contribution is 0.0997. The van der Waals surface area contributed by atoms with Crippen molar-refractivity contribution in [2.75, 3.05) is 7.11 Å². The van der Waals surface area contributed by atoms with Crippen LogP contribution in [0.25, 0.3) is 16.9 Å². The molecule has 0 aliphatic carbocycles. The highest BCUT2D eigenvalue weighted by atomic mass is 16.5. The summed E-state index contributed by atoms with van der Waals surface area (Å²) >= 11 is 0. The smallest absolute Gasteiger partial charge is 0.269 e. The van der Waals surface area contributed by atoms with E-state index < -0.39 is 5.91 Å². The van der Waals surface area contributed by atoms with Gasteiger partial charge in [0.1, 0.15) is 11.6 Å². The van der Waals surface area contributed by atoms with Crippen molar-refractivity contribution < 1.29 is 9.53 Å². The molecule has 1 aromatic carbocycles. The summed E-state index contributed by atoms with van der Waals surface area (Å²) in [5.41, 5.74) is 7.14. The number of nitrogens with zero attached hydrogens (tertiary/aromatic N) is 2. The molecule has 0 saturated heterocycles. The fourth-order valence-electron chi connectivity index (χ4n) is 2.24. The van der Waals surface area contributed by atoms with Crippen LogP contribution in [0.2, 0.25) is 0 Å². The number of aromatic nitrogens is 2. The summed E-state index contributed by atoms with van der Waals surface area (Å²) in [6.45, 7) is 0. The zero-order valence-corrected chi connectivity index (χ0v) is 10.9. The lowest BCUT2D eigenvalue weighted by Crippen LogP contribution is -2.11. The number of carbonyl (C=O) groups excluding carboxylic acids is 1. The quantitative estimate of drug-likeness (QED) is 0.790. The summed E-state index contributed by atoms with van der Waals surface area (Å²) in [4.78, 5) is 15.9. The van der Waals surface area contributed by atoms with Crippen LogP contribution in [-0.2, 0) is 0 Å². The molecule has 20 heavy (non-hydrogen) atoms. The Morgan fingerprint density at radius 3 is 2.70 bits per heavy atom. The first kappa shape index (κ1) is 12.2. The Balaban J connectivity index is 2.34. The van der Waals surface area contributed by atoms with Crippen LogP contribution < -0.4 is 10.5 Å². The monoisotopic (exact) mass is 267 g/mol. The van der Waals surface area contributed by atoms with Crippen molar-refractivity contribution in [1.29, 1.82) is 0 Å². The Hall–Kier alpha value is -2.82. The third kappa shape index (κ3) is 1.80. The molecule has 2 aromatic heterocycles. The molecule has 3 aromatic rings. The molecule has 5 nitrogen and oxygen atoms in total. The van der Waals surface area contributed by atoms with E-state index in [1.54, 1.807) is 7.11 Å². The first-order valence-corrected chi connectivity index (χ1v) is 6.12. The largest absolute Gasteiger partial charge is 0.496 e. The van der Waals surface area contributed by atoms with Crippen molar-refractivity contribution in [1.82, 2.24) is 9.38 Å². The summed E-state index contributed by atoms with van der Waals surface area (Å²) in [6, 6.07) is 13.0. The minimum absolute atomic E-state index is 0.256. The topological polar surface area (TPSA) is 69.6 Å². The van der Waals surface area contributed by atoms with Crippen LogP contribution in [0, 0.1) is 0 Å². The Morgan fingerprint density at radius 1 is 1.20 bits per heavy atom. The van der Waals surface area contributed by atoms with Gasteiger partial charge in [0, 0.05) is 6.20 Å². The Kier molecular flexibility index (Phi) is 2.87. The summed E-state index contributed by atoms with van der Waals surface area (Å²) in [5, 5.41) is 0. The number of imidazole rings is 1. The van der Waals surface area contributed by atoms with Crippen molar-refractivity contribution in [3.8, 4) is 17.1 Å². The predicted octanol–water partition coefficient (Wildman–Crippen LogP) is 2.11. The lowest BCUT2D eigenvalue weighted by atomic mass is 10.2. The number of primary amides is 1. The second-order valence-electron chi connectivity index (χ2n) is 4.30. The molecule has 2 N–H and O–H groups in total. The van der Waals surface area contributed by atoms with E-state index in [1.165, 1.54) is 0 Å². The molecule has 2 heterocycles. The Morgan fingerprint density at radius 2 is 1.95 bits per heavy atom. The van der Waals surface area contributed by atoms with Gasteiger partial charge in [-0.3, -0.25) is 9.20 Å². The van der Waals surface area contributed by atoms with Crippen LogP contribution in [0.15, 0.2) is 48.7 Å². The molecule has 0 spiro atoms. The number of para-hydroxylation sites is 1. The molecule has 0 unspecified atom stereocenters. The minimum atomic E-state index is -0.546. The number of hydrogen-bond donors (Lipinski definition) is 1. The van der Waals surface area contributed by atoms with E-state index in [4.69, 9.17) is 10.5 Å². The maximum atomic E-state index is 11.5. The van der Waals surface area contributed by atoms with Gasteiger partial charge in [-0.15, -0.1) is 0 Å². The van der Waals surface area contributed by atoms with E-state index in [1.807, 2.05) is 53.1 Å². The van der Waals surface area contributed by atoms with Crippen LogP contribution in [0.1, 0.15) is 10.5 Å². The average Bonchev–Trinajstić information content (AvgIpc) is 2.87. The van der Waals surface area contributed by atoms with E-state index in [9.17, 15) is 4.79 Å². The van der Waals surface area contributed by atoms with Crippen LogP contribution in [0.4, 0.5) is 0 Å². The highest BCUT2D eigenvalue weighted by Gasteiger charge is 2.17. The molecule has 5 heteroatoms. The fraction of sp³-hybridized carbons (Fsp3) is 0.0667. The van der Waals surface area contributed by atoms with Crippen LogP contribution in [0.5, 0.6) is 5.75 Å². The third-order valence-corrected chi connectivity index (χ3v) is 3.13. The molecular weight excluding hydrogens is 254 g/mol. The first-order valence-electron chi connectivity index (χ1n) is 6.12. The van der Waals surface area contributed by atoms with Gasteiger partial charge in [-0.1, -0.05) is 18.2 Å². The van der Waals surface area contributed by atoms with E-state index >= 15 is 0 Å². The number of ether oxygens (including phenoxy) is 1. The summed E-state index contributed by atoms with van der Waals surface area (Å²) < 4.78 is 7.18. The van der Waals surface area contributed by atoms with E-state index in [0.717, 1.165) is 5.56 Å². The van der Waals surface area contributed by atoms with Crippen molar-refractivity contribution in [2.45, 2.75) is 0 Å².